The van der Waals surface area contributed by atoms with Gasteiger partial charge in [0, 0.05) is 38.1 Å². The van der Waals surface area contributed by atoms with Crippen LogP contribution in [0.5, 0.6) is 0 Å². The number of hydrogen-bond donors (Lipinski definition) is 0. The first-order valence-electron chi connectivity index (χ1n) is 24.5. The minimum atomic E-state index is -2.37. The predicted octanol–water partition coefficient (Wildman–Crippen LogP) is 14.4. The SMILES string of the molecule is [2H]C([2H])([2H])c1cc2c3c(c1)N(c1ccc(C(C)(C)C)cc1-c1ccccc1-c1ccccc1)c1cc4c(cc1B3c1ccc(C(C)(C)C)cc1N2c1cccc(C(C)(C)C)c1)CC(C)(C)C4. The van der Waals surface area contributed by atoms with Crippen LogP contribution >= 0.6 is 0 Å². The summed E-state index contributed by atoms with van der Waals surface area (Å²) in [5.41, 5.74) is 20.9. The van der Waals surface area contributed by atoms with Gasteiger partial charge < -0.3 is 9.80 Å². The Balaban J connectivity index is 1.35. The predicted molar refractivity (Wildman–Crippen MR) is 273 cm³/mol. The average molecular weight is 826 g/mol. The molecule has 0 N–H and O–H groups in total. The maximum absolute atomic E-state index is 9.13. The topological polar surface area (TPSA) is 6.48 Å². The lowest BCUT2D eigenvalue weighted by Gasteiger charge is -2.45. The quantitative estimate of drug-likeness (QED) is 0.163. The fourth-order valence-corrected chi connectivity index (χ4v) is 10.7. The molecule has 316 valence electrons. The monoisotopic (exact) mass is 826 g/mol. The average Bonchev–Trinajstić information content (AvgIpc) is 3.56. The third kappa shape index (κ3) is 7.04. The summed E-state index contributed by atoms with van der Waals surface area (Å²) >= 11 is 0. The molecule has 10 rings (SSSR count). The van der Waals surface area contributed by atoms with Crippen molar-refractivity contribution in [3.8, 4) is 22.3 Å². The molecule has 7 aromatic carbocycles. The zero-order valence-corrected chi connectivity index (χ0v) is 39.2. The van der Waals surface area contributed by atoms with Gasteiger partial charge in [-0.25, -0.2) is 0 Å². The molecule has 0 saturated carbocycles. The van der Waals surface area contributed by atoms with Gasteiger partial charge in [0.25, 0.3) is 6.71 Å². The number of nitrogens with zero attached hydrogens (tertiary/aromatic N) is 2. The zero-order chi connectivity index (χ0) is 46.9. The lowest BCUT2D eigenvalue weighted by molar-refractivity contribution is 0.392. The number of aryl methyl sites for hydroxylation is 1. The fraction of sp³-hybridized carbons (Fsp3) is 0.300. The molecule has 0 radical (unpaired) electrons. The van der Waals surface area contributed by atoms with E-state index >= 15 is 0 Å². The largest absolute Gasteiger partial charge is 0.311 e. The Hall–Kier alpha value is -5.80. The molecule has 3 aliphatic rings. The van der Waals surface area contributed by atoms with E-state index in [1.807, 2.05) is 12.1 Å². The number of hydrogen-bond acceptors (Lipinski definition) is 2. The molecular formula is C60H63BN2. The standard InChI is InChI=1S/C60H63BN2/c1-38-29-54-56-55(30-38)63(51-28-26-43(58(5,6)7)34-48(51)47-24-17-16-23-46(47)39-19-14-13-15-20-39)52-32-41-37-60(11,12)36-40(41)31-50(52)61(56)49-27-25-44(59(8,9)10)35-53(49)62(54)45-22-18-21-42(33-45)57(2,3)4/h13-35H,36-37H2,1-12H3/i1D3. The smallest absolute Gasteiger partial charge is 0.252 e. The molecule has 0 spiro atoms. The zero-order valence-electron chi connectivity index (χ0n) is 42.2. The van der Waals surface area contributed by atoms with Crippen molar-refractivity contribution in [1.82, 2.24) is 0 Å². The second-order valence-corrected chi connectivity index (χ2v) is 22.4. The van der Waals surface area contributed by atoms with Gasteiger partial charge in [-0.3, -0.25) is 0 Å². The molecule has 0 amide bonds. The summed E-state index contributed by atoms with van der Waals surface area (Å²) in [6, 6.07) is 51.4. The van der Waals surface area contributed by atoms with Crippen molar-refractivity contribution >= 4 is 57.2 Å². The highest BCUT2D eigenvalue weighted by Gasteiger charge is 2.45. The second-order valence-electron chi connectivity index (χ2n) is 22.4. The van der Waals surface area contributed by atoms with Gasteiger partial charge in [-0.05, 0) is 156 Å². The van der Waals surface area contributed by atoms with Crippen molar-refractivity contribution in [2.24, 2.45) is 5.41 Å². The third-order valence-corrected chi connectivity index (χ3v) is 14.0. The van der Waals surface area contributed by atoms with Gasteiger partial charge in [-0.1, -0.05) is 167 Å². The summed E-state index contributed by atoms with van der Waals surface area (Å²) in [5, 5.41) is 0. The Bertz CT molecular complexity index is 3070. The van der Waals surface area contributed by atoms with Crippen LogP contribution in [0.1, 0.15) is 114 Å². The number of benzene rings is 7. The van der Waals surface area contributed by atoms with E-state index in [4.69, 9.17) is 4.11 Å². The van der Waals surface area contributed by atoms with E-state index in [2.05, 4.69) is 213 Å². The normalized spacial score (nSPS) is 16.1. The summed E-state index contributed by atoms with van der Waals surface area (Å²) < 4.78 is 27.4. The Morgan fingerprint density at radius 3 is 1.75 bits per heavy atom. The summed E-state index contributed by atoms with van der Waals surface area (Å²) in [5.74, 6) is 0. The molecule has 2 heterocycles. The minimum Gasteiger partial charge on any atom is -0.311 e. The van der Waals surface area contributed by atoms with Crippen LogP contribution < -0.4 is 26.2 Å². The van der Waals surface area contributed by atoms with Crippen molar-refractivity contribution in [2.75, 3.05) is 9.80 Å². The van der Waals surface area contributed by atoms with E-state index in [0.717, 1.165) is 74.7 Å². The molecule has 0 saturated heterocycles. The van der Waals surface area contributed by atoms with Gasteiger partial charge in [0.1, 0.15) is 0 Å². The van der Waals surface area contributed by atoms with Crippen LogP contribution in [0.4, 0.5) is 34.1 Å². The second kappa shape index (κ2) is 14.4. The van der Waals surface area contributed by atoms with Gasteiger partial charge in [-0.15, -0.1) is 0 Å². The highest BCUT2D eigenvalue weighted by atomic mass is 15.2. The summed E-state index contributed by atoms with van der Waals surface area (Å²) in [6.07, 6.45) is 2.00. The molecule has 63 heavy (non-hydrogen) atoms. The maximum atomic E-state index is 9.13. The Morgan fingerprint density at radius 2 is 1.06 bits per heavy atom. The van der Waals surface area contributed by atoms with Crippen LogP contribution in [0.25, 0.3) is 22.3 Å². The number of fused-ring (bicyclic) bond motifs is 5. The molecule has 7 aromatic rings. The van der Waals surface area contributed by atoms with E-state index in [-0.39, 0.29) is 28.4 Å². The van der Waals surface area contributed by atoms with E-state index < -0.39 is 6.85 Å². The van der Waals surface area contributed by atoms with Crippen molar-refractivity contribution in [3.63, 3.8) is 0 Å². The molecule has 2 aliphatic heterocycles. The van der Waals surface area contributed by atoms with Gasteiger partial charge in [0.15, 0.2) is 0 Å². The lowest BCUT2D eigenvalue weighted by atomic mass is 9.33. The first-order chi connectivity index (χ1) is 31.0. The molecular weight excluding hydrogens is 759 g/mol. The third-order valence-electron chi connectivity index (χ3n) is 14.0. The van der Waals surface area contributed by atoms with Crippen molar-refractivity contribution in [1.29, 1.82) is 0 Å². The van der Waals surface area contributed by atoms with E-state index in [1.54, 1.807) is 0 Å². The fourth-order valence-electron chi connectivity index (χ4n) is 10.7. The highest BCUT2D eigenvalue weighted by Crippen LogP contribution is 2.51. The van der Waals surface area contributed by atoms with Gasteiger partial charge in [0.2, 0.25) is 0 Å². The maximum Gasteiger partial charge on any atom is 0.252 e. The van der Waals surface area contributed by atoms with Crippen molar-refractivity contribution in [3.05, 3.63) is 173 Å². The Morgan fingerprint density at radius 1 is 0.476 bits per heavy atom. The number of rotatable bonds is 4. The van der Waals surface area contributed by atoms with Crippen LogP contribution in [0.3, 0.4) is 0 Å². The Labute approximate surface area is 382 Å². The summed E-state index contributed by atoms with van der Waals surface area (Å²) in [6.45, 7) is 22.7. The molecule has 0 atom stereocenters. The van der Waals surface area contributed by atoms with Gasteiger partial charge >= 0.3 is 0 Å². The molecule has 0 bridgehead atoms. The van der Waals surface area contributed by atoms with Crippen LogP contribution in [0.15, 0.2) is 140 Å². The molecule has 3 heteroatoms. The first kappa shape index (κ1) is 37.7. The first-order valence-corrected chi connectivity index (χ1v) is 23.0. The molecule has 0 unspecified atom stereocenters. The van der Waals surface area contributed by atoms with E-state index in [1.165, 1.54) is 38.7 Å². The van der Waals surface area contributed by atoms with Crippen LogP contribution in [0, 0.1) is 12.3 Å². The van der Waals surface area contributed by atoms with E-state index in [9.17, 15) is 0 Å². The minimum absolute atomic E-state index is 0.0973. The van der Waals surface area contributed by atoms with E-state index in [0.29, 0.717) is 5.56 Å². The lowest BCUT2D eigenvalue weighted by Crippen LogP contribution is -2.61. The molecule has 2 nitrogen and oxygen atoms in total. The molecule has 1 aliphatic carbocycles. The Kier molecular flexibility index (Phi) is 8.60. The summed E-state index contributed by atoms with van der Waals surface area (Å²) in [4.78, 5) is 4.84. The van der Waals surface area contributed by atoms with Gasteiger partial charge in [0.05, 0.1) is 5.69 Å². The molecule has 0 aromatic heterocycles. The van der Waals surface area contributed by atoms with Crippen molar-refractivity contribution < 1.29 is 4.11 Å². The highest BCUT2D eigenvalue weighted by molar-refractivity contribution is 7.00. The van der Waals surface area contributed by atoms with Crippen molar-refractivity contribution in [2.45, 2.75) is 112 Å². The van der Waals surface area contributed by atoms with Gasteiger partial charge in [-0.2, -0.15) is 0 Å². The number of anilines is 6. The summed E-state index contributed by atoms with van der Waals surface area (Å²) in [7, 11) is 0. The van der Waals surface area contributed by atoms with Crippen LogP contribution in [-0.2, 0) is 29.1 Å². The molecule has 0 fully saturated rings. The van der Waals surface area contributed by atoms with Crippen LogP contribution in [0.2, 0.25) is 0 Å². The van der Waals surface area contributed by atoms with Crippen LogP contribution in [-0.4, -0.2) is 6.71 Å².